The third-order valence-electron chi connectivity index (χ3n) is 4.05. The zero-order valence-corrected chi connectivity index (χ0v) is 16.1. The van der Waals surface area contributed by atoms with Crippen LogP contribution in [-0.2, 0) is 14.4 Å². The van der Waals surface area contributed by atoms with E-state index < -0.39 is 29.5 Å². The molecule has 9 nitrogen and oxygen atoms in total. The normalized spacial score (nSPS) is 11.8. The third-order valence-corrected chi connectivity index (χ3v) is 4.05. The standard InChI is InChI=1S/C21H14O9/c1-9(23)28-13-6-15-19(17(7-13)30-11(3)25)21(27)18-14(20(15)26)4-12(8-22)5-16(18)29-10(2)24/h4-8H,1-3H3. The maximum Gasteiger partial charge on any atom is 0.308 e. The van der Waals surface area contributed by atoms with Gasteiger partial charge in [-0.05, 0) is 18.2 Å². The Bertz CT molecular complexity index is 1160. The van der Waals surface area contributed by atoms with E-state index in [4.69, 9.17) is 14.2 Å². The molecule has 0 unspecified atom stereocenters. The van der Waals surface area contributed by atoms with Crippen molar-refractivity contribution in [3.63, 3.8) is 0 Å². The fourth-order valence-corrected chi connectivity index (χ4v) is 3.09. The number of hydrogen-bond acceptors (Lipinski definition) is 9. The van der Waals surface area contributed by atoms with Crippen LogP contribution in [0, 0.1) is 0 Å². The zero-order valence-electron chi connectivity index (χ0n) is 16.1. The molecule has 0 aromatic heterocycles. The largest absolute Gasteiger partial charge is 0.427 e. The molecule has 0 fully saturated rings. The second-order valence-electron chi connectivity index (χ2n) is 6.34. The lowest BCUT2D eigenvalue weighted by molar-refractivity contribution is -0.133. The van der Waals surface area contributed by atoms with Gasteiger partial charge in [0.05, 0.1) is 11.1 Å². The fourth-order valence-electron chi connectivity index (χ4n) is 3.09. The first-order chi connectivity index (χ1) is 14.1. The number of aldehydes is 1. The lowest BCUT2D eigenvalue weighted by Crippen LogP contribution is -2.24. The maximum absolute atomic E-state index is 13.3. The molecule has 152 valence electrons. The molecule has 0 atom stereocenters. The molecule has 0 spiro atoms. The molecule has 0 aliphatic heterocycles. The smallest absolute Gasteiger partial charge is 0.308 e. The Morgan fingerprint density at radius 1 is 0.700 bits per heavy atom. The number of fused-ring (bicyclic) bond motifs is 2. The molecule has 0 saturated carbocycles. The Hall–Kier alpha value is -4.14. The average molecular weight is 410 g/mol. The third kappa shape index (κ3) is 3.72. The summed E-state index contributed by atoms with van der Waals surface area (Å²) in [6.45, 7) is 3.32. The SMILES string of the molecule is CC(=O)Oc1cc(OC(C)=O)c2c(c1)C(=O)c1cc(C=O)cc(OC(C)=O)c1C2=O. The monoisotopic (exact) mass is 410 g/mol. The van der Waals surface area contributed by atoms with E-state index in [0.717, 1.165) is 39.0 Å². The van der Waals surface area contributed by atoms with Crippen LogP contribution in [-0.4, -0.2) is 35.8 Å². The van der Waals surface area contributed by atoms with Gasteiger partial charge in [-0.15, -0.1) is 0 Å². The Balaban J connectivity index is 2.32. The summed E-state index contributed by atoms with van der Waals surface area (Å²) in [5, 5.41) is 0. The van der Waals surface area contributed by atoms with Gasteiger partial charge in [0, 0.05) is 43.5 Å². The van der Waals surface area contributed by atoms with Crippen molar-refractivity contribution >= 4 is 35.8 Å². The van der Waals surface area contributed by atoms with Crippen LogP contribution in [0.2, 0.25) is 0 Å². The lowest BCUT2D eigenvalue weighted by Gasteiger charge is -2.22. The minimum Gasteiger partial charge on any atom is -0.427 e. The van der Waals surface area contributed by atoms with Crippen LogP contribution in [0.3, 0.4) is 0 Å². The highest BCUT2D eigenvalue weighted by Gasteiger charge is 2.37. The number of ether oxygens (including phenoxy) is 3. The van der Waals surface area contributed by atoms with Gasteiger partial charge in [0.2, 0.25) is 5.78 Å². The summed E-state index contributed by atoms with van der Waals surface area (Å²) < 4.78 is 15.1. The molecule has 0 bridgehead atoms. The van der Waals surface area contributed by atoms with Crippen molar-refractivity contribution in [2.45, 2.75) is 20.8 Å². The van der Waals surface area contributed by atoms with Crippen LogP contribution < -0.4 is 14.2 Å². The first-order valence-corrected chi connectivity index (χ1v) is 8.58. The van der Waals surface area contributed by atoms with E-state index in [1.807, 2.05) is 0 Å². The number of hydrogen-bond donors (Lipinski definition) is 0. The number of carbonyl (C=O) groups excluding carboxylic acids is 6. The fraction of sp³-hybridized carbons (Fsp3) is 0.143. The van der Waals surface area contributed by atoms with Crippen molar-refractivity contribution in [2.75, 3.05) is 0 Å². The van der Waals surface area contributed by atoms with Gasteiger partial charge in [0.25, 0.3) is 0 Å². The number of rotatable bonds is 4. The summed E-state index contributed by atoms with van der Waals surface area (Å²) in [6.07, 6.45) is 0.431. The van der Waals surface area contributed by atoms with Crippen LogP contribution >= 0.6 is 0 Å². The summed E-state index contributed by atoms with van der Waals surface area (Å²) in [5.41, 5.74) is -0.875. The number of benzene rings is 2. The van der Waals surface area contributed by atoms with Crippen molar-refractivity contribution in [3.05, 3.63) is 52.1 Å². The Morgan fingerprint density at radius 3 is 1.70 bits per heavy atom. The van der Waals surface area contributed by atoms with E-state index in [1.54, 1.807) is 0 Å². The van der Waals surface area contributed by atoms with Crippen LogP contribution in [0.4, 0.5) is 0 Å². The highest BCUT2D eigenvalue weighted by atomic mass is 16.5. The van der Waals surface area contributed by atoms with Crippen LogP contribution in [0.1, 0.15) is 63.0 Å². The van der Waals surface area contributed by atoms with E-state index in [1.165, 1.54) is 6.07 Å². The molecular weight excluding hydrogens is 396 g/mol. The quantitative estimate of drug-likeness (QED) is 0.360. The topological polar surface area (TPSA) is 130 Å². The van der Waals surface area contributed by atoms with Gasteiger partial charge in [0.1, 0.15) is 23.5 Å². The molecule has 2 aromatic rings. The van der Waals surface area contributed by atoms with Gasteiger partial charge >= 0.3 is 17.9 Å². The first-order valence-electron chi connectivity index (χ1n) is 8.58. The Morgan fingerprint density at radius 2 is 1.20 bits per heavy atom. The first kappa shape index (κ1) is 20.6. The summed E-state index contributed by atoms with van der Waals surface area (Å²) >= 11 is 0. The second kappa shape index (κ2) is 7.70. The molecule has 0 heterocycles. The van der Waals surface area contributed by atoms with Crippen LogP contribution in [0.15, 0.2) is 24.3 Å². The van der Waals surface area contributed by atoms with E-state index in [2.05, 4.69) is 0 Å². The minimum atomic E-state index is -0.778. The molecule has 30 heavy (non-hydrogen) atoms. The highest BCUT2D eigenvalue weighted by molar-refractivity contribution is 6.31. The van der Waals surface area contributed by atoms with E-state index in [0.29, 0.717) is 6.29 Å². The predicted octanol–water partition coefficient (Wildman–Crippen LogP) is 2.05. The van der Waals surface area contributed by atoms with E-state index >= 15 is 0 Å². The van der Waals surface area contributed by atoms with Crippen LogP contribution in [0.25, 0.3) is 0 Å². The number of carbonyl (C=O) groups is 6. The summed E-state index contributed by atoms with van der Waals surface area (Å²) in [7, 11) is 0. The molecule has 1 aliphatic carbocycles. The second-order valence-corrected chi connectivity index (χ2v) is 6.34. The van der Waals surface area contributed by atoms with Crippen molar-refractivity contribution in [3.8, 4) is 17.2 Å². The summed E-state index contributed by atoms with van der Waals surface area (Å²) in [4.78, 5) is 72.0. The minimum absolute atomic E-state index is 0.00551. The van der Waals surface area contributed by atoms with Gasteiger partial charge in [-0.25, -0.2) is 0 Å². The van der Waals surface area contributed by atoms with E-state index in [9.17, 15) is 28.8 Å². The highest BCUT2D eigenvalue weighted by Crippen LogP contribution is 2.40. The Kier molecular flexibility index (Phi) is 5.29. The lowest BCUT2D eigenvalue weighted by atomic mass is 9.82. The van der Waals surface area contributed by atoms with Crippen molar-refractivity contribution in [1.29, 1.82) is 0 Å². The molecular formula is C21H14O9. The molecule has 0 radical (unpaired) electrons. The van der Waals surface area contributed by atoms with Crippen LogP contribution in [0.5, 0.6) is 17.2 Å². The molecule has 9 heteroatoms. The predicted molar refractivity (Wildman–Crippen MR) is 99.1 cm³/mol. The number of ketones is 2. The summed E-state index contributed by atoms with van der Waals surface area (Å²) in [5.74, 6) is -4.40. The van der Waals surface area contributed by atoms with Gasteiger partial charge in [-0.1, -0.05) is 0 Å². The van der Waals surface area contributed by atoms with Crippen molar-refractivity contribution in [1.82, 2.24) is 0 Å². The van der Waals surface area contributed by atoms with Gasteiger partial charge < -0.3 is 14.2 Å². The molecule has 0 saturated heterocycles. The molecule has 2 aromatic carbocycles. The van der Waals surface area contributed by atoms with Gasteiger partial charge in [-0.3, -0.25) is 28.8 Å². The maximum atomic E-state index is 13.3. The van der Waals surface area contributed by atoms with Crippen molar-refractivity contribution < 1.29 is 43.0 Å². The number of esters is 3. The molecule has 3 rings (SSSR count). The average Bonchev–Trinajstić information content (AvgIpc) is 2.63. The summed E-state index contributed by atoms with van der Waals surface area (Å²) in [6, 6.07) is 4.62. The van der Waals surface area contributed by atoms with Gasteiger partial charge in [0.15, 0.2) is 5.78 Å². The molecule has 0 N–H and O–H groups in total. The van der Waals surface area contributed by atoms with Gasteiger partial charge in [-0.2, -0.15) is 0 Å². The molecule has 0 amide bonds. The molecule has 1 aliphatic rings. The zero-order chi connectivity index (χ0) is 22.2. The van der Waals surface area contributed by atoms with E-state index in [-0.39, 0.29) is 45.1 Å². The Labute approximate surface area is 169 Å². The van der Waals surface area contributed by atoms with Crippen molar-refractivity contribution in [2.24, 2.45) is 0 Å².